The van der Waals surface area contributed by atoms with E-state index in [4.69, 9.17) is 17.1 Å². The van der Waals surface area contributed by atoms with Crippen LogP contribution in [0.3, 0.4) is 0 Å². The number of halogens is 1. The van der Waals surface area contributed by atoms with Crippen molar-refractivity contribution in [3.8, 4) is 0 Å². The van der Waals surface area contributed by atoms with Gasteiger partial charge in [0.15, 0.2) is 5.78 Å². The predicted molar refractivity (Wildman–Crippen MR) is 123 cm³/mol. The molecule has 0 radical (unpaired) electrons. The third kappa shape index (κ3) is 4.97. The number of carbonyl (C=O) groups is 1. The molecule has 4 nitrogen and oxygen atoms in total. The number of nitrogens with zero attached hydrogens (tertiary/aromatic N) is 2. The first kappa shape index (κ1) is 21.3. The summed E-state index contributed by atoms with van der Waals surface area (Å²) in [5.41, 5.74) is 13.8. The van der Waals surface area contributed by atoms with Crippen LogP contribution in [0.4, 0.5) is 0 Å². The van der Waals surface area contributed by atoms with E-state index in [1.54, 1.807) is 31.2 Å². The molecule has 3 aromatic rings. The first-order valence-electron chi connectivity index (χ1n) is 9.50. The Morgan fingerprint density at radius 2 is 1.63 bits per heavy atom. The second kappa shape index (κ2) is 9.42. The molecule has 1 N–H and O–H groups in total. The van der Waals surface area contributed by atoms with Crippen LogP contribution >= 0.6 is 11.6 Å². The van der Waals surface area contributed by atoms with Crippen LogP contribution in [0.5, 0.6) is 0 Å². The molecule has 0 aliphatic carbocycles. The van der Waals surface area contributed by atoms with Gasteiger partial charge in [0, 0.05) is 16.1 Å². The van der Waals surface area contributed by atoms with E-state index in [2.05, 4.69) is 16.4 Å². The van der Waals surface area contributed by atoms with E-state index in [0.29, 0.717) is 21.9 Å². The summed E-state index contributed by atoms with van der Waals surface area (Å²) in [6, 6.07) is 20.7. The minimum atomic E-state index is -0.0666. The van der Waals surface area contributed by atoms with E-state index in [-0.39, 0.29) is 5.78 Å². The molecule has 0 saturated carbocycles. The third-order valence-corrected chi connectivity index (χ3v) is 5.04. The summed E-state index contributed by atoms with van der Waals surface area (Å²) in [5, 5.41) is 7.56. The Bertz CT molecular complexity index is 1160. The van der Waals surface area contributed by atoms with Gasteiger partial charge < -0.3 is 0 Å². The molecule has 0 spiro atoms. The zero-order chi connectivity index (χ0) is 21.7. The fraction of sp³-hybridized carbons (Fsp3) is 0.120. The fourth-order valence-electron chi connectivity index (χ4n) is 3.27. The van der Waals surface area contributed by atoms with E-state index >= 15 is 0 Å². The van der Waals surface area contributed by atoms with Crippen molar-refractivity contribution in [3.63, 3.8) is 0 Å². The van der Waals surface area contributed by atoms with Gasteiger partial charge in [-0.15, -0.1) is 5.10 Å². The van der Waals surface area contributed by atoms with Crippen LogP contribution in [0.15, 0.2) is 83.1 Å². The van der Waals surface area contributed by atoms with E-state index in [9.17, 15) is 4.79 Å². The Labute approximate surface area is 181 Å². The normalized spacial score (nSPS) is 12.0. The smallest absolute Gasteiger partial charge is 0.193 e. The van der Waals surface area contributed by atoms with Crippen LogP contribution in [0.2, 0.25) is 5.02 Å². The van der Waals surface area contributed by atoms with Crippen LogP contribution < -0.4 is 0 Å². The number of hydrogen-bond donors (Lipinski definition) is 1. The lowest BCUT2D eigenvalue weighted by Gasteiger charge is -2.14. The summed E-state index contributed by atoms with van der Waals surface area (Å²) >= 11 is 5.95. The quantitative estimate of drug-likeness (QED) is 0.200. The van der Waals surface area contributed by atoms with Gasteiger partial charge in [-0.25, -0.2) is 0 Å². The van der Waals surface area contributed by atoms with Crippen molar-refractivity contribution in [2.75, 3.05) is 0 Å². The van der Waals surface area contributed by atoms with Crippen molar-refractivity contribution in [2.24, 2.45) is 10.3 Å². The standard InChI is InChI=1S/C25H22ClN3O/c1-16-5-4-6-20(13-16)24(14-18(3)28-29-27)23-15-21(8-7-17(23)2)25(30)19-9-11-22(26)12-10-19/h4-15,27H,1-3H3/b24-14-,28-18+,29-27?. The maximum Gasteiger partial charge on any atom is 0.193 e. The first-order chi connectivity index (χ1) is 14.4. The SMILES string of the molecule is CC(/C=C(/c1cccc(C)c1)c1cc(C(=O)c2ccc(Cl)cc2)ccc1C)=N\N=N. The number of nitrogens with one attached hydrogen (secondary N) is 1. The lowest BCUT2D eigenvalue weighted by molar-refractivity contribution is 0.103. The molecule has 0 heterocycles. The predicted octanol–water partition coefficient (Wildman–Crippen LogP) is 7.03. The monoisotopic (exact) mass is 415 g/mol. The summed E-state index contributed by atoms with van der Waals surface area (Å²) < 4.78 is 0. The molecular formula is C25H22ClN3O. The Morgan fingerprint density at radius 1 is 0.933 bits per heavy atom. The van der Waals surface area contributed by atoms with Crippen molar-refractivity contribution < 1.29 is 4.79 Å². The van der Waals surface area contributed by atoms with Gasteiger partial charge in [0.1, 0.15) is 0 Å². The molecular weight excluding hydrogens is 394 g/mol. The van der Waals surface area contributed by atoms with Crippen molar-refractivity contribution in [1.29, 1.82) is 5.53 Å². The number of carbonyl (C=O) groups excluding carboxylic acids is 1. The fourth-order valence-corrected chi connectivity index (χ4v) is 3.39. The lowest BCUT2D eigenvalue weighted by Crippen LogP contribution is -2.04. The van der Waals surface area contributed by atoms with Gasteiger partial charge in [-0.1, -0.05) is 58.8 Å². The van der Waals surface area contributed by atoms with Crippen molar-refractivity contribution >= 4 is 28.7 Å². The number of ketones is 1. The van der Waals surface area contributed by atoms with Gasteiger partial charge in [0.05, 0.1) is 5.71 Å². The highest BCUT2D eigenvalue weighted by Crippen LogP contribution is 2.29. The second-order valence-corrected chi connectivity index (χ2v) is 7.57. The number of hydrogen-bond acceptors (Lipinski definition) is 3. The Balaban J connectivity index is 2.15. The summed E-state index contributed by atoms with van der Waals surface area (Å²) in [4.78, 5) is 13.0. The summed E-state index contributed by atoms with van der Waals surface area (Å²) in [5.74, 6) is -0.0666. The van der Waals surface area contributed by atoms with Crippen molar-refractivity contribution in [3.05, 3.63) is 111 Å². The molecule has 0 atom stereocenters. The van der Waals surface area contributed by atoms with Crippen molar-refractivity contribution in [1.82, 2.24) is 0 Å². The Morgan fingerprint density at radius 3 is 2.30 bits per heavy atom. The molecule has 150 valence electrons. The zero-order valence-corrected chi connectivity index (χ0v) is 17.9. The van der Waals surface area contributed by atoms with E-state index in [0.717, 1.165) is 27.8 Å². The maximum absolute atomic E-state index is 13.0. The van der Waals surface area contributed by atoms with Crippen LogP contribution in [-0.4, -0.2) is 11.5 Å². The summed E-state index contributed by atoms with van der Waals surface area (Å²) in [7, 11) is 0. The number of rotatable bonds is 6. The molecule has 0 aliphatic heterocycles. The molecule has 30 heavy (non-hydrogen) atoms. The minimum absolute atomic E-state index is 0.0666. The van der Waals surface area contributed by atoms with Gasteiger partial charge in [0.25, 0.3) is 0 Å². The van der Waals surface area contributed by atoms with Crippen molar-refractivity contribution in [2.45, 2.75) is 20.8 Å². The molecule has 0 aromatic heterocycles. The largest absolute Gasteiger partial charge is 0.289 e. The molecule has 0 fully saturated rings. The highest BCUT2D eigenvalue weighted by atomic mass is 35.5. The van der Waals surface area contributed by atoms with Crippen LogP contribution in [-0.2, 0) is 0 Å². The molecule has 3 aromatic carbocycles. The Kier molecular flexibility index (Phi) is 6.70. The highest BCUT2D eigenvalue weighted by Gasteiger charge is 2.15. The highest BCUT2D eigenvalue weighted by molar-refractivity contribution is 6.30. The summed E-state index contributed by atoms with van der Waals surface area (Å²) in [6.45, 7) is 5.84. The van der Waals surface area contributed by atoms with Gasteiger partial charge in [-0.05, 0) is 79.4 Å². The van der Waals surface area contributed by atoms with E-state index in [1.165, 1.54) is 0 Å². The van der Waals surface area contributed by atoms with Crippen LogP contribution in [0, 0.1) is 19.4 Å². The molecule has 0 unspecified atom stereocenters. The molecule has 0 amide bonds. The van der Waals surface area contributed by atoms with Crippen LogP contribution in [0.1, 0.15) is 45.1 Å². The zero-order valence-electron chi connectivity index (χ0n) is 17.1. The molecule has 0 aliphatic rings. The molecule has 5 heteroatoms. The number of aryl methyl sites for hydroxylation is 2. The topological polar surface area (TPSA) is 65.6 Å². The van der Waals surface area contributed by atoms with Crippen LogP contribution in [0.25, 0.3) is 5.57 Å². The summed E-state index contributed by atoms with van der Waals surface area (Å²) in [6.07, 6.45) is 1.89. The lowest BCUT2D eigenvalue weighted by atomic mass is 9.90. The third-order valence-electron chi connectivity index (χ3n) is 4.79. The average molecular weight is 416 g/mol. The van der Waals surface area contributed by atoms with Gasteiger partial charge in [-0.2, -0.15) is 5.53 Å². The van der Waals surface area contributed by atoms with Gasteiger partial charge in [0.2, 0.25) is 0 Å². The first-order valence-corrected chi connectivity index (χ1v) is 9.88. The minimum Gasteiger partial charge on any atom is -0.289 e. The molecule has 0 bridgehead atoms. The number of benzene rings is 3. The molecule has 3 rings (SSSR count). The maximum atomic E-state index is 13.0. The number of allylic oxidation sites excluding steroid dienone is 1. The van der Waals surface area contributed by atoms with E-state index in [1.807, 2.05) is 56.3 Å². The molecule has 0 saturated heterocycles. The van der Waals surface area contributed by atoms with Gasteiger partial charge in [-0.3, -0.25) is 4.79 Å². The second-order valence-electron chi connectivity index (χ2n) is 7.13. The van der Waals surface area contributed by atoms with Gasteiger partial charge >= 0.3 is 0 Å². The van der Waals surface area contributed by atoms with E-state index < -0.39 is 0 Å². The Hall–Kier alpha value is -3.37. The average Bonchev–Trinajstić information content (AvgIpc) is 2.73.